The third kappa shape index (κ3) is 3.64. The second-order valence-corrected chi connectivity index (χ2v) is 6.26. The maximum absolute atomic E-state index is 12.8. The number of nitrogens with zero attached hydrogens (tertiary/aromatic N) is 2. The van der Waals surface area contributed by atoms with Crippen molar-refractivity contribution in [1.82, 2.24) is 9.97 Å². The van der Waals surface area contributed by atoms with E-state index in [0.717, 1.165) is 29.0 Å². The van der Waals surface area contributed by atoms with Crippen molar-refractivity contribution in [3.8, 4) is 33.8 Å². The van der Waals surface area contributed by atoms with Crippen LogP contribution in [0.25, 0.3) is 33.8 Å². The van der Waals surface area contributed by atoms with E-state index in [1.54, 1.807) is 6.20 Å². The van der Waals surface area contributed by atoms with Crippen molar-refractivity contribution in [2.24, 2.45) is 0 Å². The molecule has 2 nitrogen and oxygen atoms in total. The van der Waals surface area contributed by atoms with Crippen LogP contribution in [0.15, 0.2) is 91.1 Å². The first kappa shape index (κ1) is 17.9. The van der Waals surface area contributed by atoms with Crippen LogP contribution < -0.4 is 0 Å². The fourth-order valence-electron chi connectivity index (χ4n) is 2.96. The minimum atomic E-state index is -4.36. The standard InChI is InChI=1S/C23H15F3N2/c24-23(25,26)19-13-11-16(12-14-19)20-15-27-21(17-7-3-1-4-8-17)22(28-20)18-9-5-2-6-10-18/h1-15H. The smallest absolute Gasteiger partial charge is 0.252 e. The first-order valence-electron chi connectivity index (χ1n) is 8.68. The number of rotatable bonds is 3. The van der Waals surface area contributed by atoms with Gasteiger partial charge in [-0.25, -0.2) is 4.98 Å². The van der Waals surface area contributed by atoms with Crippen LogP contribution in [0.5, 0.6) is 0 Å². The predicted octanol–water partition coefficient (Wildman–Crippen LogP) is 6.50. The van der Waals surface area contributed by atoms with Crippen molar-refractivity contribution < 1.29 is 13.2 Å². The molecule has 0 atom stereocenters. The normalized spacial score (nSPS) is 11.4. The zero-order valence-electron chi connectivity index (χ0n) is 14.7. The quantitative estimate of drug-likeness (QED) is 0.408. The SMILES string of the molecule is FC(F)(F)c1ccc(-c2cnc(-c3ccccc3)c(-c3ccccc3)n2)cc1. The van der Waals surface area contributed by atoms with Crippen LogP contribution in [0.3, 0.4) is 0 Å². The molecular formula is C23H15F3N2. The largest absolute Gasteiger partial charge is 0.416 e. The molecule has 0 unspecified atom stereocenters. The second-order valence-electron chi connectivity index (χ2n) is 6.26. The van der Waals surface area contributed by atoms with Gasteiger partial charge in [0.1, 0.15) is 0 Å². The van der Waals surface area contributed by atoms with Gasteiger partial charge >= 0.3 is 6.18 Å². The Hall–Kier alpha value is -3.47. The lowest BCUT2D eigenvalue weighted by Gasteiger charge is -2.12. The highest BCUT2D eigenvalue weighted by atomic mass is 19.4. The Bertz CT molecular complexity index is 1070. The van der Waals surface area contributed by atoms with Gasteiger partial charge < -0.3 is 0 Å². The van der Waals surface area contributed by atoms with Gasteiger partial charge in [0.25, 0.3) is 0 Å². The molecule has 0 fully saturated rings. The van der Waals surface area contributed by atoms with Crippen LogP contribution in [0, 0.1) is 0 Å². The van der Waals surface area contributed by atoms with Gasteiger partial charge in [0.2, 0.25) is 0 Å². The lowest BCUT2D eigenvalue weighted by molar-refractivity contribution is -0.137. The predicted molar refractivity (Wildman–Crippen MR) is 103 cm³/mol. The summed E-state index contributed by atoms with van der Waals surface area (Å²) in [5, 5.41) is 0. The van der Waals surface area contributed by atoms with Crippen molar-refractivity contribution in [2.75, 3.05) is 0 Å². The molecule has 0 bridgehead atoms. The van der Waals surface area contributed by atoms with Gasteiger partial charge in [-0.1, -0.05) is 72.8 Å². The van der Waals surface area contributed by atoms with E-state index in [9.17, 15) is 13.2 Å². The van der Waals surface area contributed by atoms with Crippen LogP contribution >= 0.6 is 0 Å². The number of alkyl halides is 3. The lowest BCUT2D eigenvalue weighted by Crippen LogP contribution is -2.04. The Labute approximate surface area is 160 Å². The number of halogens is 3. The molecular weight excluding hydrogens is 361 g/mol. The summed E-state index contributed by atoms with van der Waals surface area (Å²) in [7, 11) is 0. The molecule has 0 saturated carbocycles. The monoisotopic (exact) mass is 376 g/mol. The fourth-order valence-corrected chi connectivity index (χ4v) is 2.96. The first-order valence-corrected chi connectivity index (χ1v) is 8.68. The average molecular weight is 376 g/mol. The Kier molecular flexibility index (Phi) is 4.65. The van der Waals surface area contributed by atoms with E-state index in [4.69, 9.17) is 4.98 Å². The highest BCUT2D eigenvalue weighted by Crippen LogP contribution is 2.33. The molecule has 1 aromatic heterocycles. The molecule has 0 aliphatic carbocycles. The third-order valence-corrected chi connectivity index (χ3v) is 4.37. The molecule has 0 N–H and O–H groups in total. The van der Waals surface area contributed by atoms with Crippen molar-refractivity contribution in [3.63, 3.8) is 0 Å². The highest BCUT2D eigenvalue weighted by molar-refractivity contribution is 5.79. The zero-order valence-corrected chi connectivity index (χ0v) is 14.7. The van der Waals surface area contributed by atoms with Crippen LogP contribution in [-0.4, -0.2) is 9.97 Å². The summed E-state index contributed by atoms with van der Waals surface area (Å²) in [5.41, 5.74) is 3.64. The minimum absolute atomic E-state index is 0.521. The van der Waals surface area contributed by atoms with Gasteiger partial charge in [-0.05, 0) is 12.1 Å². The summed E-state index contributed by atoms with van der Waals surface area (Å²) in [5.74, 6) is 0. The molecule has 0 aliphatic rings. The Morgan fingerprint density at radius 2 is 1.11 bits per heavy atom. The zero-order chi connectivity index (χ0) is 19.6. The first-order chi connectivity index (χ1) is 13.5. The molecule has 0 radical (unpaired) electrons. The van der Waals surface area contributed by atoms with E-state index in [-0.39, 0.29) is 0 Å². The summed E-state index contributed by atoms with van der Waals surface area (Å²) in [6, 6.07) is 24.3. The minimum Gasteiger partial charge on any atom is -0.252 e. The molecule has 4 rings (SSSR count). The third-order valence-electron chi connectivity index (χ3n) is 4.37. The van der Waals surface area contributed by atoms with Gasteiger partial charge in [-0.2, -0.15) is 13.2 Å². The maximum atomic E-state index is 12.8. The van der Waals surface area contributed by atoms with Crippen LogP contribution in [0.4, 0.5) is 13.2 Å². The van der Waals surface area contributed by atoms with Gasteiger partial charge in [0.15, 0.2) is 0 Å². The van der Waals surface area contributed by atoms with Crippen molar-refractivity contribution >= 4 is 0 Å². The van der Waals surface area contributed by atoms with E-state index in [1.807, 2.05) is 60.7 Å². The summed E-state index contributed by atoms with van der Waals surface area (Å²) >= 11 is 0. The molecule has 0 spiro atoms. The Balaban J connectivity index is 1.83. The van der Waals surface area contributed by atoms with E-state index in [1.165, 1.54) is 12.1 Å². The number of benzene rings is 3. The molecule has 28 heavy (non-hydrogen) atoms. The molecule has 0 saturated heterocycles. The van der Waals surface area contributed by atoms with E-state index in [0.29, 0.717) is 17.0 Å². The molecule has 3 aromatic carbocycles. The summed E-state index contributed by atoms with van der Waals surface area (Å²) in [6.07, 6.45) is -2.77. The van der Waals surface area contributed by atoms with E-state index in [2.05, 4.69) is 4.98 Å². The maximum Gasteiger partial charge on any atom is 0.416 e. The van der Waals surface area contributed by atoms with Crippen molar-refractivity contribution in [3.05, 3.63) is 96.7 Å². The van der Waals surface area contributed by atoms with Gasteiger partial charge in [0.05, 0.1) is 28.8 Å². The second kappa shape index (κ2) is 7.27. The summed E-state index contributed by atoms with van der Waals surface area (Å²) < 4.78 is 38.5. The highest BCUT2D eigenvalue weighted by Gasteiger charge is 2.30. The molecule has 0 amide bonds. The van der Waals surface area contributed by atoms with Crippen molar-refractivity contribution in [2.45, 2.75) is 6.18 Å². The van der Waals surface area contributed by atoms with Crippen LogP contribution in [0.1, 0.15) is 5.56 Å². The van der Waals surface area contributed by atoms with Crippen LogP contribution in [-0.2, 0) is 6.18 Å². The van der Waals surface area contributed by atoms with Gasteiger partial charge in [-0.3, -0.25) is 4.98 Å². The van der Waals surface area contributed by atoms with E-state index >= 15 is 0 Å². The average Bonchev–Trinajstić information content (AvgIpc) is 2.74. The number of hydrogen-bond donors (Lipinski definition) is 0. The van der Waals surface area contributed by atoms with Crippen LogP contribution in [0.2, 0.25) is 0 Å². The summed E-state index contributed by atoms with van der Waals surface area (Å²) in [6.45, 7) is 0. The Morgan fingerprint density at radius 3 is 1.64 bits per heavy atom. The fraction of sp³-hybridized carbons (Fsp3) is 0.0435. The molecule has 0 aliphatic heterocycles. The van der Waals surface area contributed by atoms with E-state index < -0.39 is 11.7 Å². The topological polar surface area (TPSA) is 25.8 Å². The lowest BCUT2D eigenvalue weighted by atomic mass is 10.0. The van der Waals surface area contributed by atoms with Crippen molar-refractivity contribution in [1.29, 1.82) is 0 Å². The summed E-state index contributed by atoms with van der Waals surface area (Å²) in [4.78, 5) is 9.33. The number of hydrogen-bond acceptors (Lipinski definition) is 2. The Morgan fingerprint density at radius 1 is 0.571 bits per heavy atom. The number of aromatic nitrogens is 2. The molecule has 138 valence electrons. The molecule has 5 heteroatoms. The molecule has 1 heterocycles. The van der Waals surface area contributed by atoms with Gasteiger partial charge in [0, 0.05) is 16.7 Å². The van der Waals surface area contributed by atoms with Gasteiger partial charge in [-0.15, -0.1) is 0 Å². The molecule has 4 aromatic rings.